The maximum Gasteiger partial charge on any atom is 0.416 e. The summed E-state index contributed by atoms with van der Waals surface area (Å²) in [6.07, 6.45) is -2.54. The van der Waals surface area contributed by atoms with Crippen LogP contribution in [0.1, 0.15) is 35.7 Å². The molecule has 1 saturated heterocycles. The van der Waals surface area contributed by atoms with Crippen molar-refractivity contribution in [1.29, 1.82) is 0 Å². The van der Waals surface area contributed by atoms with Gasteiger partial charge in [-0.15, -0.1) is 0 Å². The van der Waals surface area contributed by atoms with Crippen LogP contribution in [0.4, 0.5) is 13.2 Å². The Labute approximate surface area is 156 Å². The van der Waals surface area contributed by atoms with Gasteiger partial charge >= 0.3 is 6.18 Å². The van der Waals surface area contributed by atoms with Crippen molar-refractivity contribution in [3.63, 3.8) is 0 Å². The van der Waals surface area contributed by atoms with Crippen molar-refractivity contribution >= 4 is 5.91 Å². The second kappa shape index (κ2) is 8.13. The van der Waals surface area contributed by atoms with Gasteiger partial charge in [-0.2, -0.15) is 13.2 Å². The SMILES string of the molecule is CCO[C@H]1CCCN(C(=O)c2ccccc2-c2ccc(C(F)(F)F)cc2)C1. The highest BCUT2D eigenvalue weighted by atomic mass is 19.4. The number of amides is 1. The van der Waals surface area contributed by atoms with E-state index in [1.54, 1.807) is 29.2 Å². The molecular formula is C21H22F3NO2. The van der Waals surface area contributed by atoms with E-state index in [1.165, 1.54) is 12.1 Å². The molecule has 6 heteroatoms. The van der Waals surface area contributed by atoms with Crippen LogP contribution in [0.3, 0.4) is 0 Å². The Balaban J connectivity index is 1.86. The van der Waals surface area contributed by atoms with Crippen LogP contribution in [0, 0.1) is 0 Å². The largest absolute Gasteiger partial charge is 0.416 e. The highest BCUT2D eigenvalue weighted by Gasteiger charge is 2.30. The van der Waals surface area contributed by atoms with Crippen LogP contribution in [0.2, 0.25) is 0 Å². The number of alkyl halides is 3. The molecule has 1 heterocycles. The van der Waals surface area contributed by atoms with Gasteiger partial charge < -0.3 is 9.64 Å². The van der Waals surface area contributed by atoms with Gasteiger partial charge in [0.1, 0.15) is 0 Å². The third kappa shape index (κ3) is 4.50. The molecule has 144 valence electrons. The van der Waals surface area contributed by atoms with Crippen molar-refractivity contribution in [2.24, 2.45) is 0 Å². The number of nitrogens with zero attached hydrogens (tertiary/aromatic N) is 1. The fourth-order valence-corrected chi connectivity index (χ4v) is 3.42. The van der Waals surface area contributed by atoms with E-state index in [0.29, 0.717) is 36.4 Å². The normalized spacial score (nSPS) is 17.8. The molecule has 0 spiro atoms. The molecule has 1 aliphatic rings. The van der Waals surface area contributed by atoms with Gasteiger partial charge in [0.2, 0.25) is 0 Å². The molecule has 0 unspecified atom stereocenters. The molecule has 1 aliphatic heterocycles. The molecular weight excluding hydrogens is 355 g/mol. The lowest BCUT2D eigenvalue weighted by Crippen LogP contribution is -2.43. The highest BCUT2D eigenvalue weighted by Crippen LogP contribution is 2.32. The van der Waals surface area contributed by atoms with Gasteiger partial charge in [0.25, 0.3) is 5.91 Å². The van der Waals surface area contributed by atoms with Crippen LogP contribution in [0.5, 0.6) is 0 Å². The number of halogens is 3. The third-order valence-electron chi connectivity index (χ3n) is 4.75. The summed E-state index contributed by atoms with van der Waals surface area (Å²) in [5.74, 6) is -0.116. The van der Waals surface area contributed by atoms with E-state index in [1.807, 2.05) is 6.92 Å². The lowest BCUT2D eigenvalue weighted by molar-refractivity contribution is -0.137. The summed E-state index contributed by atoms with van der Waals surface area (Å²) in [5.41, 5.74) is 1.01. The maximum atomic E-state index is 13.1. The van der Waals surface area contributed by atoms with E-state index in [0.717, 1.165) is 25.0 Å². The summed E-state index contributed by atoms with van der Waals surface area (Å²) in [4.78, 5) is 14.8. The van der Waals surface area contributed by atoms with Gasteiger partial charge in [0, 0.05) is 25.3 Å². The molecule has 3 rings (SSSR count). The molecule has 1 amide bonds. The van der Waals surface area contributed by atoms with E-state index in [9.17, 15) is 18.0 Å². The van der Waals surface area contributed by atoms with Crippen molar-refractivity contribution in [3.05, 3.63) is 59.7 Å². The summed E-state index contributed by atoms with van der Waals surface area (Å²) < 4.78 is 44.1. The zero-order chi connectivity index (χ0) is 19.4. The summed E-state index contributed by atoms with van der Waals surface area (Å²) in [6.45, 7) is 3.73. The van der Waals surface area contributed by atoms with Crippen LogP contribution >= 0.6 is 0 Å². The van der Waals surface area contributed by atoms with Gasteiger partial charge in [-0.25, -0.2) is 0 Å². The van der Waals surface area contributed by atoms with Gasteiger partial charge in [-0.05, 0) is 49.1 Å². The number of carbonyl (C=O) groups is 1. The predicted octanol–water partition coefficient (Wildman–Crippen LogP) is 5.01. The predicted molar refractivity (Wildman–Crippen MR) is 97.4 cm³/mol. The number of benzene rings is 2. The number of ether oxygens (including phenoxy) is 1. The van der Waals surface area contributed by atoms with E-state index in [2.05, 4.69) is 0 Å². The molecule has 1 fully saturated rings. The monoisotopic (exact) mass is 377 g/mol. The summed E-state index contributed by atoms with van der Waals surface area (Å²) in [5, 5.41) is 0. The number of hydrogen-bond acceptors (Lipinski definition) is 2. The zero-order valence-corrected chi connectivity index (χ0v) is 15.1. The zero-order valence-electron chi connectivity index (χ0n) is 15.1. The Morgan fingerprint density at radius 2 is 1.85 bits per heavy atom. The van der Waals surface area contributed by atoms with Crippen molar-refractivity contribution in [2.45, 2.75) is 32.0 Å². The van der Waals surface area contributed by atoms with E-state index in [4.69, 9.17) is 4.74 Å². The minimum Gasteiger partial charge on any atom is -0.377 e. The first-order chi connectivity index (χ1) is 12.9. The fraction of sp³-hybridized carbons (Fsp3) is 0.381. The lowest BCUT2D eigenvalue weighted by atomic mass is 9.97. The number of hydrogen-bond donors (Lipinski definition) is 0. The molecule has 0 bridgehead atoms. The standard InChI is InChI=1S/C21H22F3NO2/c1-2-27-17-6-5-13-25(14-17)20(26)19-8-4-3-7-18(19)15-9-11-16(12-10-15)21(22,23)24/h3-4,7-12,17H,2,5-6,13-14H2,1H3/t17-/m0/s1. The van der Waals surface area contributed by atoms with Crippen LogP contribution < -0.4 is 0 Å². The van der Waals surface area contributed by atoms with E-state index in [-0.39, 0.29) is 12.0 Å². The molecule has 0 aromatic heterocycles. The number of carbonyl (C=O) groups excluding carboxylic acids is 1. The average Bonchev–Trinajstić information content (AvgIpc) is 2.67. The first-order valence-corrected chi connectivity index (χ1v) is 9.07. The summed E-state index contributed by atoms with van der Waals surface area (Å²) in [7, 11) is 0. The van der Waals surface area contributed by atoms with E-state index < -0.39 is 11.7 Å². The first kappa shape index (κ1) is 19.4. The lowest BCUT2D eigenvalue weighted by Gasteiger charge is -2.33. The Kier molecular flexibility index (Phi) is 5.85. The maximum absolute atomic E-state index is 13.1. The fourth-order valence-electron chi connectivity index (χ4n) is 3.42. The molecule has 0 radical (unpaired) electrons. The number of rotatable bonds is 4. The van der Waals surface area contributed by atoms with Crippen molar-refractivity contribution in [3.8, 4) is 11.1 Å². The second-order valence-electron chi connectivity index (χ2n) is 6.59. The highest BCUT2D eigenvalue weighted by molar-refractivity contribution is 6.01. The van der Waals surface area contributed by atoms with Gasteiger partial charge in [-0.1, -0.05) is 30.3 Å². The minimum atomic E-state index is -4.38. The third-order valence-corrected chi connectivity index (χ3v) is 4.75. The first-order valence-electron chi connectivity index (χ1n) is 9.07. The Morgan fingerprint density at radius 1 is 1.15 bits per heavy atom. The Hall–Kier alpha value is -2.34. The van der Waals surface area contributed by atoms with Crippen LogP contribution in [0.15, 0.2) is 48.5 Å². The summed E-state index contributed by atoms with van der Waals surface area (Å²) >= 11 is 0. The van der Waals surface area contributed by atoms with Gasteiger partial charge in [-0.3, -0.25) is 4.79 Å². The molecule has 0 N–H and O–H groups in total. The van der Waals surface area contributed by atoms with Gasteiger partial charge in [0.05, 0.1) is 11.7 Å². The summed E-state index contributed by atoms with van der Waals surface area (Å²) in [6, 6.07) is 11.9. The van der Waals surface area contributed by atoms with E-state index >= 15 is 0 Å². The smallest absolute Gasteiger partial charge is 0.377 e. The number of likely N-dealkylation sites (tertiary alicyclic amines) is 1. The molecule has 2 aromatic carbocycles. The topological polar surface area (TPSA) is 29.5 Å². The van der Waals surface area contributed by atoms with Crippen molar-refractivity contribution in [2.75, 3.05) is 19.7 Å². The van der Waals surface area contributed by atoms with Crippen LogP contribution in [-0.2, 0) is 10.9 Å². The van der Waals surface area contributed by atoms with Crippen LogP contribution in [0.25, 0.3) is 11.1 Å². The average molecular weight is 377 g/mol. The Morgan fingerprint density at radius 3 is 2.52 bits per heavy atom. The minimum absolute atomic E-state index is 0.0333. The van der Waals surface area contributed by atoms with Crippen LogP contribution in [-0.4, -0.2) is 36.6 Å². The molecule has 27 heavy (non-hydrogen) atoms. The molecule has 1 atom stereocenters. The molecule has 0 aliphatic carbocycles. The van der Waals surface area contributed by atoms with Crippen molar-refractivity contribution in [1.82, 2.24) is 4.90 Å². The molecule has 0 saturated carbocycles. The molecule has 3 nitrogen and oxygen atoms in total. The quantitative estimate of drug-likeness (QED) is 0.749. The second-order valence-corrected chi connectivity index (χ2v) is 6.59. The Bertz CT molecular complexity index is 785. The van der Waals surface area contributed by atoms with Crippen molar-refractivity contribution < 1.29 is 22.7 Å². The number of piperidine rings is 1. The molecule has 2 aromatic rings. The van der Waals surface area contributed by atoms with Gasteiger partial charge in [0.15, 0.2) is 0 Å².